The van der Waals surface area contributed by atoms with Crippen molar-refractivity contribution in [3.63, 3.8) is 0 Å². The first kappa shape index (κ1) is 29.1. The summed E-state index contributed by atoms with van der Waals surface area (Å²) in [5.41, 5.74) is 2.55. The van der Waals surface area contributed by atoms with Crippen LogP contribution in [0.1, 0.15) is 61.9 Å². The summed E-state index contributed by atoms with van der Waals surface area (Å²) in [5, 5.41) is 0. The van der Waals surface area contributed by atoms with E-state index in [2.05, 4.69) is 30.7 Å². The van der Waals surface area contributed by atoms with Gasteiger partial charge in [0.2, 0.25) is 5.91 Å². The molecule has 0 N–H and O–H groups in total. The number of rotatable bonds is 7. The van der Waals surface area contributed by atoms with E-state index < -0.39 is 0 Å². The first-order valence-corrected chi connectivity index (χ1v) is 14.7. The Balaban J connectivity index is 1.51. The average molecular weight is 535 g/mol. The van der Waals surface area contributed by atoms with Gasteiger partial charge in [0.05, 0.1) is 0 Å². The number of ether oxygens (including phenoxy) is 1. The molecule has 0 radical (unpaired) electrons. The number of fused-ring (bicyclic) bond motifs is 1. The Bertz CT molecular complexity index is 1080. The van der Waals surface area contributed by atoms with Gasteiger partial charge in [-0.1, -0.05) is 44.5 Å². The SMILES string of the molecule is CC(C)CC(=O)N1CCCN(C)CCN(C(=O)c2cccc(OCCN3CCCCC3)c2)Cc2ccccc21. The van der Waals surface area contributed by atoms with Crippen LogP contribution < -0.4 is 9.64 Å². The van der Waals surface area contributed by atoms with Crippen LogP contribution in [-0.2, 0) is 11.3 Å². The second-order valence-electron chi connectivity index (χ2n) is 11.4. The molecular formula is C32H46N4O3. The van der Waals surface area contributed by atoms with Crippen LogP contribution in [0.4, 0.5) is 5.69 Å². The lowest BCUT2D eigenvalue weighted by atomic mass is 10.1. The van der Waals surface area contributed by atoms with E-state index in [1.54, 1.807) is 0 Å². The molecule has 212 valence electrons. The molecule has 0 saturated carbocycles. The number of anilines is 1. The maximum atomic E-state index is 13.9. The molecule has 0 aliphatic carbocycles. The van der Waals surface area contributed by atoms with Gasteiger partial charge in [0.1, 0.15) is 12.4 Å². The van der Waals surface area contributed by atoms with Crippen LogP contribution in [0, 0.1) is 5.92 Å². The maximum Gasteiger partial charge on any atom is 0.254 e. The Morgan fingerprint density at radius 3 is 2.46 bits per heavy atom. The first-order valence-electron chi connectivity index (χ1n) is 14.7. The molecule has 0 spiro atoms. The second kappa shape index (κ2) is 14.5. The van der Waals surface area contributed by atoms with Crippen LogP contribution in [0.5, 0.6) is 5.75 Å². The first-order chi connectivity index (χ1) is 18.9. The molecule has 2 aromatic rings. The Morgan fingerprint density at radius 1 is 0.872 bits per heavy atom. The summed E-state index contributed by atoms with van der Waals surface area (Å²) in [4.78, 5) is 35.7. The molecular weight excluding hydrogens is 488 g/mol. The summed E-state index contributed by atoms with van der Waals surface area (Å²) in [7, 11) is 2.09. The zero-order valence-electron chi connectivity index (χ0n) is 24.1. The minimum absolute atomic E-state index is 0.0148. The highest BCUT2D eigenvalue weighted by atomic mass is 16.5. The lowest BCUT2D eigenvalue weighted by Crippen LogP contribution is -2.37. The van der Waals surface area contributed by atoms with Crippen LogP contribution in [0.15, 0.2) is 48.5 Å². The summed E-state index contributed by atoms with van der Waals surface area (Å²) < 4.78 is 6.07. The van der Waals surface area contributed by atoms with Gasteiger partial charge in [-0.25, -0.2) is 0 Å². The Labute approximate surface area is 234 Å². The highest BCUT2D eigenvalue weighted by molar-refractivity contribution is 5.96. The highest BCUT2D eigenvalue weighted by Crippen LogP contribution is 2.26. The molecule has 39 heavy (non-hydrogen) atoms. The molecule has 0 atom stereocenters. The number of likely N-dealkylation sites (tertiary alicyclic amines) is 1. The number of para-hydroxylation sites is 1. The van der Waals surface area contributed by atoms with E-state index in [0.717, 1.165) is 56.1 Å². The van der Waals surface area contributed by atoms with Crippen LogP contribution in [0.2, 0.25) is 0 Å². The van der Waals surface area contributed by atoms with Crippen molar-refractivity contribution >= 4 is 17.5 Å². The van der Waals surface area contributed by atoms with Gasteiger partial charge < -0.3 is 19.4 Å². The van der Waals surface area contributed by atoms with Crippen molar-refractivity contribution in [2.24, 2.45) is 5.92 Å². The van der Waals surface area contributed by atoms with Gasteiger partial charge >= 0.3 is 0 Å². The molecule has 1 fully saturated rings. The molecule has 7 nitrogen and oxygen atoms in total. The van der Waals surface area contributed by atoms with E-state index in [9.17, 15) is 9.59 Å². The predicted molar refractivity (Wildman–Crippen MR) is 157 cm³/mol. The van der Waals surface area contributed by atoms with Crippen molar-refractivity contribution in [3.05, 3.63) is 59.7 Å². The molecule has 0 bridgehead atoms. The fourth-order valence-corrected chi connectivity index (χ4v) is 5.48. The highest BCUT2D eigenvalue weighted by Gasteiger charge is 2.24. The van der Waals surface area contributed by atoms with Gasteiger partial charge in [-0.05, 0) is 81.7 Å². The largest absolute Gasteiger partial charge is 0.492 e. The van der Waals surface area contributed by atoms with Crippen molar-refractivity contribution in [2.45, 2.75) is 52.5 Å². The normalized spacial score (nSPS) is 17.9. The van der Waals surface area contributed by atoms with Crippen molar-refractivity contribution < 1.29 is 14.3 Å². The van der Waals surface area contributed by atoms with E-state index in [4.69, 9.17) is 4.74 Å². The topological polar surface area (TPSA) is 56.3 Å². The number of nitrogens with zero attached hydrogens (tertiary/aromatic N) is 4. The lowest BCUT2D eigenvalue weighted by molar-refractivity contribution is -0.119. The number of hydrogen-bond donors (Lipinski definition) is 0. The zero-order chi connectivity index (χ0) is 27.6. The van der Waals surface area contributed by atoms with Gasteiger partial charge in [0.15, 0.2) is 0 Å². The van der Waals surface area contributed by atoms with Gasteiger partial charge in [0.25, 0.3) is 5.91 Å². The van der Waals surface area contributed by atoms with E-state index >= 15 is 0 Å². The third-order valence-electron chi connectivity index (χ3n) is 7.69. The van der Waals surface area contributed by atoms with Gasteiger partial charge in [-0.15, -0.1) is 0 Å². The van der Waals surface area contributed by atoms with E-state index in [1.807, 2.05) is 58.3 Å². The molecule has 2 aromatic carbocycles. The number of benzene rings is 2. The second-order valence-corrected chi connectivity index (χ2v) is 11.4. The number of hydrogen-bond acceptors (Lipinski definition) is 5. The van der Waals surface area contributed by atoms with E-state index in [1.165, 1.54) is 19.3 Å². The number of carbonyl (C=O) groups is 2. The van der Waals surface area contributed by atoms with Crippen molar-refractivity contribution in [2.75, 3.05) is 64.4 Å². The molecule has 1 saturated heterocycles. The molecule has 0 aromatic heterocycles. The van der Waals surface area contributed by atoms with Crippen LogP contribution in [0.3, 0.4) is 0 Å². The number of likely N-dealkylation sites (N-methyl/N-ethyl adjacent to an activating group) is 1. The summed E-state index contributed by atoms with van der Waals surface area (Å²) in [6.45, 7) is 11.4. The maximum absolute atomic E-state index is 13.9. The number of carbonyl (C=O) groups excluding carboxylic acids is 2. The van der Waals surface area contributed by atoms with Gasteiger partial charge in [-0.3, -0.25) is 14.5 Å². The fraction of sp³-hybridized carbons (Fsp3) is 0.562. The number of amides is 2. The van der Waals surface area contributed by atoms with E-state index in [0.29, 0.717) is 38.2 Å². The molecule has 7 heteroatoms. The van der Waals surface area contributed by atoms with Crippen LogP contribution >= 0.6 is 0 Å². The molecule has 4 rings (SSSR count). The van der Waals surface area contributed by atoms with Crippen LogP contribution in [-0.4, -0.2) is 86.0 Å². The molecule has 2 amide bonds. The predicted octanol–water partition coefficient (Wildman–Crippen LogP) is 4.91. The minimum atomic E-state index is -0.0148. The Hall–Kier alpha value is -2.90. The third kappa shape index (κ3) is 8.54. The summed E-state index contributed by atoms with van der Waals surface area (Å²) in [6, 6.07) is 15.6. The summed E-state index contributed by atoms with van der Waals surface area (Å²) in [5.74, 6) is 1.15. The van der Waals surface area contributed by atoms with Crippen LogP contribution in [0.25, 0.3) is 0 Å². The van der Waals surface area contributed by atoms with Gasteiger partial charge in [0, 0.05) is 50.4 Å². The summed E-state index contributed by atoms with van der Waals surface area (Å²) >= 11 is 0. The average Bonchev–Trinajstić information content (AvgIpc) is 2.96. The van der Waals surface area contributed by atoms with Crippen molar-refractivity contribution in [1.29, 1.82) is 0 Å². The molecule has 0 unspecified atom stereocenters. The Kier molecular flexibility index (Phi) is 10.8. The quantitative estimate of drug-likeness (QED) is 0.505. The fourth-order valence-electron chi connectivity index (χ4n) is 5.48. The smallest absolute Gasteiger partial charge is 0.254 e. The lowest BCUT2D eigenvalue weighted by Gasteiger charge is -2.28. The molecule has 2 heterocycles. The third-order valence-corrected chi connectivity index (χ3v) is 7.69. The molecule has 2 aliphatic rings. The monoisotopic (exact) mass is 534 g/mol. The van der Waals surface area contributed by atoms with Crippen molar-refractivity contribution in [1.82, 2.24) is 14.7 Å². The Morgan fingerprint density at radius 2 is 1.67 bits per heavy atom. The summed E-state index contributed by atoms with van der Waals surface area (Å²) in [6.07, 6.45) is 5.25. The van der Waals surface area contributed by atoms with E-state index in [-0.39, 0.29) is 17.7 Å². The molecule has 2 aliphatic heterocycles. The zero-order valence-corrected chi connectivity index (χ0v) is 24.1. The van der Waals surface area contributed by atoms with Crippen molar-refractivity contribution in [3.8, 4) is 5.75 Å². The minimum Gasteiger partial charge on any atom is -0.492 e. The van der Waals surface area contributed by atoms with Gasteiger partial charge in [-0.2, -0.15) is 0 Å². The standard InChI is InChI=1S/C32H46N4O3/c1-26(2)23-31(37)36-18-10-15-33(3)19-20-35(25-28-11-5-6-14-30(28)36)32(38)27-12-9-13-29(24-27)39-22-21-34-16-7-4-8-17-34/h5-6,9,11-14,24,26H,4,7-8,10,15-23,25H2,1-3H3. The number of piperidine rings is 1.